The molecule has 4 nitrogen and oxygen atoms in total. The fourth-order valence-electron chi connectivity index (χ4n) is 1.51. The van der Waals surface area contributed by atoms with E-state index in [1.54, 1.807) is 11.6 Å². The van der Waals surface area contributed by atoms with Gasteiger partial charge in [0.05, 0.1) is 11.0 Å². The minimum absolute atomic E-state index is 0.136. The van der Waals surface area contributed by atoms with Crippen molar-refractivity contribution in [2.75, 3.05) is 0 Å². The number of imidazole rings is 1. The molecule has 4 heteroatoms. The summed E-state index contributed by atoms with van der Waals surface area (Å²) in [6, 6.07) is 5.52. The van der Waals surface area contributed by atoms with Gasteiger partial charge in [0.15, 0.2) is 0 Å². The van der Waals surface area contributed by atoms with E-state index in [4.69, 9.17) is 0 Å². The van der Waals surface area contributed by atoms with E-state index in [-0.39, 0.29) is 5.69 Å². The lowest BCUT2D eigenvalue weighted by Crippen LogP contribution is -2.11. The van der Waals surface area contributed by atoms with Crippen molar-refractivity contribution in [3.05, 3.63) is 34.2 Å². The number of carbonyl (C=O) groups excluding carboxylic acids is 1. The first kappa shape index (κ1) is 8.74. The molecule has 0 spiro atoms. The van der Waals surface area contributed by atoms with Gasteiger partial charge < -0.3 is 9.78 Å². The summed E-state index contributed by atoms with van der Waals surface area (Å²) in [5, 5.41) is 0. The topological polar surface area (TPSA) is 54.9 Å². The molecular weight excluding hydrogens is 180 g/mol. The second kappa shape index (κ2) is 3.14. The van der Waals surface area contributed by atoms with Crippen LogP contribution in [0.15, 0.2) is 23.0 Å². The normalized spacial score (nSPS) is 10.6. The van der Waals surface area contributed by atoms with Crippen molar-refractivity contribution in [1.82, 2.24) is 9.55 Å². The molecule has 1 aromatic carbocycles. The summed E-state index contributed by atoms with van der Waals surface area (Å²) in [5.74, 6) is 0. The summed E-state index contributed by atoms with van der Waals surface area (Å²) in [6.07, 6.45) is 1.23. The first-order valence-corrected chi connectivity index (χ1v) is 4.33. The Hall–Kier alpha value is -1.84. The molecule has 0 bridgehead atoms. The molecule has 0 aliphatic carbocycles. The Morgan fingerprint density at radius 3 is 3.00 bits per heavy atom. The van der Waals surface area contributed by atoms with Crippen molar-refractivity contribution >= 4 is 17.3 Å². The quantitative estimate of drug-likeness (QED) is 0.705. The molecule has 0 saturated carbocycles. The highest BCUT2D eigenvalue weighted by Gasteiger charge is 2.02. The molecule has 1 N–H and O–H groups in total. The standard InChI is InChI=1S/C10H10N2O2/c1-12-9-3-2-7(4-5-13)6-8(9)11-10(12)14/h2-3,5-6H,4H2,1H3,(H,11,14). The summed E-state index contributed by atoms with van der Waals surface area (Å²) in [6.45, 7) is 0. The van der Waals surface area contributed by atoms with E-state index < -0.39 is 0 Å². The molecule has 0 radical (unpaired) electrons. The fourth-order valence-corrected chi connectivity index (χ4v) is 1.51. The summed E-state index contributed by atoms with van der Waals surface area (Å²) in [4.78, 5) is 24.3. The zero-order chi connectivity index (χ0) is 10.1. The van der Waals surface area contributed by atoms with E-state index in [1.807, 2.05) is 18.2 Å². The van der Waals surface area contributed by atoms with Crippen LogP contribution < -0.4 is 5.69 Å². The number of nitrogens with one attached hydrogen (secondary N) is 1. The minimum atomic E-state index is -0.136. The van der Waals surface area contributed by atoms with Crippen molar-refractivity contribution in [2.24, 2.45) is 7.05 Å². The van der Waals surface area contributed by atoms with Crippen molar-refractivity contribution in [3.8, 4) is 0 Å². The van der Waals surface area contributed by atoms with E-state index in [0.29, 0.717) is 6.42 Å². The van der Waals surface area contributed by atoms with Gasteiger partial charge in [0, 0.05) is 13.5 Å². The van der Waals surface area contributed by atoms with Gasteiger partial charge in [-0.05, 0) is 17.7 Å². The average molecular weight is 190 g/mol. The minimum Gasteiger partial charge on any atom is -0.306 e. The Kier molecular flexibility index (Phi) is 1.96. The van der Waals surface area contributed by atoms with Gasteiger partial charge in [-0.2, -0.15) is 0 Å². The lowest BCUT2D eigenvalue weighted by atomic mass is 10.1. The number of aromatic nitrogens is 2. The molecule has 0 aliphatic rings. The van der Waals surface area contributed by atoms with Gasteiger partial charge in [0.1, 0.15) is 6.29 Å². The Bertz CT molecular complexity index is 537. The van der Waals surface area contributed by atoms with Gasteiger partial charge in [-0.3, -0.25) is 4.57 Å². The summed E-state index contributed by atoms with van der Waals surface area (Å²) >= 11 is 0. The van der Waals surface area contributed by atoms with Crippen LogP contribution in [0.25, 0.3) is 11.0 Å². The number of benzene rings is 1. The van der Waals surface area contributed by atoms with Crippen LogP contribution in [0.4, 0.5) is 0 Å². The molecule has 2 rings (SSSR count). The number of hydrogen-bond donors (Lipinski definition) is 1. The van der Waals surface area contributed by atoms with Gasteiger partial charge in [-0.25, -0.2) is 4.79 Å². The summed E-state index contributed by atoms with van der Waals surface area (Å²) in [5.41, 5.74) is 2.40. The van der Waals surface area contributed by atoms with Gasteiger partial charge in [0.2, 0.25) is 0 Å². The molecule has 0 saturated heterocycles. The smallest absolute Gasteiger partial charge is 0.306 e. The second-order valence-corrected chi connectivity index (χ2v) is 3.21. The molecular formula is C10H10N2O2. The number of H-pyrrole nitrogens is 1. The predicted octanol–water partition coefficient (Wildman–Crippen LogP) is 0.608. The third-order valence-electron chi connectivity index (χ3n) is 2.29. The Morgan fingerprint density at radius 2 is 2.29 bits per heavy atom. The monoisotopic (exact) mass is 190 g/mol. The number of aldehydes is 1. The zero-order valence-corrected chi connectivity index (χ0v) is 7.78. The van der Waals surface area contributed by atoms with Crippen LogP contribution in [0.5, 0.6) is 0 Å². The van der Waals surface area contributed by atoms with E-state index in [2.05, 4.69) is 4.98 Å². The maximum Gasteiger partial charge on any atom is 0.326 e. The molecule has 2 aromatic rings. The van der Waals surface area contributed by atoms with Crippen LogP contribution in [0, 0.1) is 0 Å². The first-order chi connectivity index (χ1) is 6.72. The third-order valence-corrected chi connectivity index (χ3v) is 2.29. The van der Waals surface area contributed by atoms with Gasteiger partial charge in [-0.15, -0.1) is 0 Å². The summed E-state index contributed by atoms with van der Waals surface area (Å²) in [7, 11) is 1.71. The highest BCUT2D eigenvalue weighted by Crippen LogP contribution is 2.11. The molecule has 0 amide bonds. The first-order valence-electron chi connectivity index (χ1n) is 4.33. The Morgan fingerprint density at radius 1 is 1.50 bits per heavy atom. The largest absolute Gasteiger partial charge is 0.326 e. The number of nitrogens with zero attached hydrogens (tertiary/aromatic N) is 1. The van der Waals surface area contributed by atoms with E-state index in [9.17, 15) is 9.59 Å². The predicted molar refractivity (Wildman–Crippen MR) is 53.3 cm³/mol. The van der Waals surface area contributed by atoms with Crippen LogP contribution in [0.2, 0.25) is 0 Å². The third kappa shape index (κ3) is 1.25. The summed E-state index contributed by atoms with van der Waals surface area (Å²) < 4.78 is 1.54. The van der Waals surface area contributed by atoms with Crippen molar-refractivity contribution in [1.29, 1.82) is 0 Å². The molecule has 0 unspecified atom stereocenters. The molecule has 0 aliphatic heterocycles. The average Bonchev–Trinajstić information content (AvgIpc) is 2.43. The fraction of sp³-hybridized carbons (Fsp3) is 0.200. The van der Waals surface area contributed by atoms with Gasteiger partial charge in [-0.1, -0.05) is 6.07 Å². The second-order valence-electron chi connectivity index (χ2n) is 3.21. The lowest BCUT2D eigenvalue weighted by Gasteiger charge is -1.96. The Balaban J connectivity index is 2.67. The molecule has 0 atom stereocenters. The van der Waals surface area contributed by atoms with Gasteiger partial charge >= 0.3 is 5.69 Å². The van der Waals surface area contributed by atoms with Crippen molar-refractivity contribution in [2.45, 2.75) is 6.42 Å². The van der Waals surface area contributed by atoms with Crippen LogP contribution in [0.1, 0.15) is 5.56 Å². The van der Waals surface area contributed by atoms with E-state index >= 15 is 0 Å². The highest BCUT2D eigenvalue weighted by molar-refractivity contribution is 5.76. The van der Waals surface area contributed by atoms with Crippen LogP contribution in [0.3, 0.4) is 0 Å². The number of carbonyl (C=O) groups is 1. The van der Waals surface area contributed by atoms with E-state index in [1.165, 1.54) is 0 Å². The maximum absolute atomic E-state index is 11.2. The highest BCUT2D eigenvalue weighted by atomic mass is 16.1. The Labute approximate surface area is 80.2 Å². The zero-order valence-electron chi connectivity index (χ0n) is 7.78. The lowest BCUT2D eigenvalue weighted by molar-refractivity contribution is -0.107. The maximum atomic E-state index is 11.2. The van der Waals surface area contributed by atoms with Crippen LogP contribution in [-0.2, 0) is 18.3 Å². The van der Waals surface area contributed by atoms with Crippen molar-refractivity contribution in [3.63, 3.8) is 0 Å². The SMILES string of the molecule is Cn1c(=O)[nH]c2cc(CC=O)ccc21. The molecule has 72 valence electrons. The number of fused-ring (bicyclic) bond motifs is 1. The molecule has 1 aromatic heterocycles. The molecule has 0 fully saturated rings. The van der Waals surface area contributed by atoms with Crippen LogP contribution in [-0.4, -0.2) is 15.8 Å². The number of aromatic amines is 1. The molecule has 14 heavy (non-hydrogen) atoms. The molecule has 1 heterocycles. The van der Waals surface area contributed by atoms with Crippen molar-refractivity contribution < 1.29 is 4.79 Å². The van der Waals surface area contributed by atoms with Gasteiger partial charge in [0.25, 0.3) is 0 Å². The number of hydrogen-bond acceptors (Lipinski definition) is 2. The number of aryl methyl sites for hydroxylation is 1. The van der Waals surface area contributed by atoms with E-state index in [0.717, 1.165) is 22.9 Å². The van der Waals surface area contributed by atoms with Crippen LogP contribution >= 0.6 is 0 Å². The number of rotatable bonds is 2.